The molecule has 0 N–H and O–H groups in total. The highest BCUT2D eigenvalue weighted by atomic mass is 79.9. The number of methoxy groups -OCH3 is 1. The zero-order valence-electron chi connectivity index (χ0n) is 12.2. The van der Waals surface area contributed by atoms with Gasteiger partial charge in [-0.05, 0) is 47.9 Å². The zero-order valence-corrected chi connectivity index (χ0v) is 13.8. The molecule has 2 aromatic carbocycles. The van der Waals surface area contributed by atoms with Crippen LogP contribution in [0.2, 0.25) is 0 Å². The monoisotopic (exact) mass is 388 g/mol. The summed E-state index contributed by atoms with van der Waals surface area (Å²) in [5.74, 6) is -0.800. The Morgan fingerprint density at radius 1 is 1.13 bits per heavy atom. The molecule has 3 nitrogen and oxygen atoms in total. The number of carbonyl (C=O) groups excluding carboxylic acids is 1. The SMILES string of the molecule is COC(=O)c1cc(Br)c(C)c(-c2ccc(OC(F)(F)F)cc2)c1. The maximum atomic E-state index is 12.2. The summed E-state index contributed by atoms with van der Waals surface area (Å²) in [6.07, 6.45) is -4.73. The predicted octanol–water partition coefficient (Wildman–Crippen LogP) is 5.11. The maximum absolute atomic E-state index is 12.2. The average molecular weight is 389 g/mol. The molecule has 0 atom stereocenters. The van der Waals surface area contributed by atoms with Crippen LogP contribution in [-0.4, -0.2) is 19.4 Å². The second-order valence-corrected chi connectivity index (χ2v) is 5.55. The summed E-state index contributed by atoms with van der Waals surface area (Å²) in [5.41, 5.74) is 2.56. The first-order chi connectivity index (χ1) is 10.7. The Morgan fingerprint density at radius 2 is 1.74 bits per heavy atom. The molecular formula is C16H12BrF3O3. The highest BCUT2D eigenvalue weighted by molar-refractivity contribution is 9.10. The van der Waals surface area contributed by atoms with E-state index in [2.05, 4.69) is 20.7 Å². The van der Waals surface area contributed by atoms with Crippen LogP contribution >= 0.6 is 15.9 Å². The third kappa shape index (κ3) is 4.25. The second kappa shape index (κ2) is 6.62. The minimum absolute atomic E-state index is 0.304. The largest absolute Gasteiger partial charge is 0.573 e. The van der Waals surface area contributed by atoms with E-state index >= 15 is 0 Å². The fourth-order valence-corrected chi connectivity index (χ4v) is 2.51. The van der Waals surface area contributed by atoms with Gasteiger partial charge in [0.25, 0.3) is 0 Å². The van der Waals surface area contributed by atoms with E-state index in [-0.39, 0.29) is 5.75 Å². The van der Waals surface area contributed by atoms with Crippen molar-refractivity contribution in [1.82, 2.24) is 0 Å². The summed E-state index contributed by atoms with van der Waals surface area (Å²) in [6, 6.07) is 8.70. The lowest BCUT2D eigenvalue weighted by molar-refractivity contribution is -0.274. The average Bonchev–Trinajstić information content (AvgIpc) is 2.48. The standard InChI is InChI=1S/C16H12BrF3O3/c1-9-13(7-11(8-14(9)17)15(21)22-2)10-3-5-12(6-4-10)23-16(18,19)20/h3-8H,1-2H3. The number of halogens is 4. The Labute approximate surface area is 139 Å². The van der Waals surface area contributed by atoms with Gasteiger partial charge in [-0.3, -0.25) is 0 Å². The van der Waals surface area contributed by atoms with Crippen LogP contribution < -0.4 is 4.74 Å². The third-order valence-electron chi connectivity index (χ3n) is 3.16. The van der Waals surface area contributed by atoms with Crippen molar-refractivity contribution < 1.29 is 27.4 Å². The molecule has 0 heterocycles. The molecule has 0 spiro atoms. The molecule has 0 radical (unpaired) electrons. The molecule has 0 aliphatic carbocycles. The van der Waals surface area contributed by atoms with Crippen LogP contribution in [-0.2, 0) is 4.74 Å². The van der Waals surface area contributed by atoms with Gasteiger partial charge in [0.15, 0.2) is 0 Å². The van der Waals surface area contributed by atoms with Crippen molar-refractivity contribution in [3.8, 4) is 16.9 Å². The molecule has 0 aliphatic heterocycles. The zero-order chi connectivity index (χ0) is 17.2. The molecule has 2 aromatic rings. The van der Waals surface area contributed by atoms with Gasteiger partial charge in [-0.2, -0.15) is 0 Å². The van der Waals surface area contributed by atoms with Crippen molar-refractivity contribution in [3.05, 3.63) is 52.0 Å². The lowest BCUT2D eigenvalue weighted by atomic mass is 9.98. The second-order valence-electron chi connectivity index (χ2n) is 4.69. The van der Waals surface area contributed by atoms with E-state index in [9.17, 15) is 18.0 Å². The number of rotatable bonds is 3. The highest BCUT2D eigenvalue weighted by Crippen LogP contribution is 2.32. The number of hydrogen-bond acceptors (Lipinski definition) is 3. The number of esters is 1. The first-order valence-corrected chi connectivity index (χ1v) is 7.25. The van der Waals surface area contributed by atoms with E-state index in [0.717, 1.165) is 5.56 Å². The molecule has 122 valence electrons. The van der Waals surface area contributed by atoms with E-state index in [1.165, 1.54) is 31.4 Å². The molecule has 0 bridgehead atoms. The quantitative estimate of drug-likeness (QED) is 0.685. The maximum Gasteiger partial charge on any atom is 0.573 e. The van der Waals surface area contributed by atoms with E-state index < -0.39 is 12.3 Å². The fraction of sp³-hybridized carbons (Fsp3) is 0.188. The van der Waals surface area contributed by atoms with Crippen molar-refractivity contribution in [2.45, 2.75) is 13.3 Å². The van der Waals surface area contributed by atoms with Crippen LogP contribution in [0.3, 0.4) is 0 Å². The van der Waals surface area contributed by atoms with Crippen molar-refractivity contribution in [3.63, 3.8) is 0 Å². The van der Waals surface area contributed by atoms with E-state index in [4.69, 9.17) is 4.74 Å². The highest BCUT2D eigenvalue weighted by Gasteiger charge is 2.31. The summed E-state index contributed by atoms with van der Waals surface area (Å²) in [4.78, 5) is 11.7. The summed E-state index contributed by atoms with van der Waals surface area (Å²) >= 11 is 3.36. The number of carbonyl (C=O) groups is 1. The third-order valence-corrected chi connectivity index (χ3v) is 3.99. The van der Waals surface area contributed by atoms with Crippen LogP contribution in [0.5, 0.6) is 5.75 Å². The van der Waals surface area contributed by atoms with Gasteiger partial charge in [-0.15, -0.1) is 13.2 Å². The van der Waals surface area contributed by atoms with Gasteiger partial charge in [-0.1, -0.05) is 28.1 Å². The summed E-state index contributed by atoms with van der Waals surface area (Å²) in [7, 11) is 1.28. The molecule has 0 aromatic heterocycles. The molecular weight excluding hydrogens is 377 g/mol. The topological polar surface area (TPSA) is 35.5 Å². The van der Waals surface area contributed by atoms with Gasteiger partial charge >= 0.3 is 12.3 Å². The van der Waals surface area contributed by atoms with Crippen LogP contribution in [0.25, 0.3) is 11.1 Å². The smallest absolute Gasteiger partial charge is 0.465 e. The summed E-state index contributed by atoms with van der Waals surface area (Å²) in [5, 5.41) is 0. The minimum atomic E-state index is -4.73. The van der Waals surface area contributed by atoms with Crippen LogP contribution in [0.4, 0.5) is 13.2 Å². The van der Waals surface area contributed by atoms with Crippen LogP contribution in [0.1, 0.15) is 15.9 Å². The lowest BCUT2D eigenvalue weighted by Crippen LogP contribution is -2.16. The van der Waals surface area contributed by atoms with Crippen LogP contribution in [0.15, 0.2) is 40.9 Å². The van der Waals surface area contributed by atoms with Crippen molar-refractivity contribution >= 4 is 21.9 Å². The summed E-state index contributed by atoms with van der Waals surface area (Å²) < 4.78 is 45.8. The van der Waals surface area contributed by atoms with Crippen molar-refractivity contribution in [1.29, 1.82) is 0 Å². The van der Waals surface area contributed by atoms with Crippen molar-refractivity contribution in [2.75, 3.05) is 7.11 Å². The molecule has 7 heteroatoms. The number of ether oxygens (including phenoxy) is 2. The van der Waals surface area contributed by atoms with Gasteiger partial charge < -0.3 is 9.47 Å². The van der Waals surface area contributed by atoms with E-state index in [1.807, 2.05) is 6.92 Å². The van der Waals surface area contributed by atoms with Gasteiger partial charge in [0, 0.05) is 4.47 Å². The molecule has 0 aliphatic rings. The van der Waals surface area contributed by atoms with Gasteiger partial charge in [-0.25, -0.2) is 4.79 Å². The van der Waals surface area contributed by atoms with Gasteiger partial charge in [0.1, 0.15) is 5.75 Å². The first kappa shape index (κ1) is 17.3. The number of hydrogen-bond donors (Lipinski definition) is 0. The Kier molecular flexibility index (Phi) is 4.99. The predicted molar refractivity (Wildman–Crippen MR) is 82.3 cm³/mol. The molecule has 0 saturated carbocycles. The molecule has 23 heavy (non-hydrogen) atoms. The number of alkyl halides is 3. The number of benzene rings is 2. The lowest BCUT2D eigenvalue weighted by Gasteiger charge is -2.12. The fourth-order valence-electron chi connectivity index (χ4n) is 2.05. The first-order valence-electron chi connectivity index (χ1n) is 6.46. The van der Waals surface area contributed by atoms with E-state index in [1.54, 1.807) is 12.1 Å². The van der Waals surface area contributed by atoms with Crippen LogP contribution in [0, 0.1) is 6.92 Å². The van der Waals surface area contributed by atoms with Crippen molar-refractivity contribution in [2.24, 2.45) is 0 Å². The van der Waals surface area contributed by atoms with Gasteiger partial charge in [0.2, 0.25) is 0 Å². The van der Waals surface area contributed by atoms with Gasteiger partial charge in [0.05, 0.1) is 12.7 Å². The molecule has 0 saturated heterocycles. The molecule has 0 fully saturated rings. The Hall–Kier alpha value is -2.02. The van der Waals surface area contributed by atoms with E-state index in [0.29, 0.717) is 21.2 Å². The Morgan fingerprint density at radius 3 is 2.26 bits per heavy atom. The summed E-state index contributed by atoms with van der Waals surface area (Å²) in [6.45, 7) is 1.83. The normalized spacial score (nSPS) is 11.2. The Bertz CT molecular complexity index is 725. The molecule has 0 amide bonds. The molecule has 2 rings (SSSR count). The minimum Gasteiger partial charge on any atom is -0.465 e. The Balaban J connectivity index is 2.41. The molecule has 0 unspecified atom stereocenters.